The van der Waals surface area contributed by atoms with E-state index in [2.05, 4.69) is 14.3 Å². The minimum absolute atomic E-state index is 0.163. The maximum atomic E-state index is 12.2. The third-order valence-electron chi connectivity index (χ3n) is 3.66. The number of para-hydroxylation sites is 2. The second-order valence-corrected chi connectivity index (χ2v) is 6.28. The summed E-state index contributed by atoms with van der Waals surface area (Å²) in [4.78, 5) is 4.68. The van der Waals surface area contributed by atoms with Crippen LogP contribution in [-0.2, 0) is 17.0 Å². The average molecular weight is 364 g/mol. The standard InChI is InChI=1S/C18H18F2N2O2S/c1-23-11-10-22-16-5-3-2-4-15(16)21-18(22)25-12-13-6-8-14(9-7-13)24-17(19)20/h2-9,17H,10-12H2,1H3. The second kappa shape index (κ2) is 8.31. The lowest BCUT2D eigenvalue weighted by Crippen LogP contribution is -2.05. The summed E-state index contributed by atoms with van der Waals surface area (Å²) in [6, 6.07) is 14.7. The summed E-state index contributed by atoms with van der Waals surface area (Å²) in [5, 5.41) is 0.908. The number of halogens is 2. The Hall–Kier alpha value is -2.12. The van der Waals surface area contributed by atoms with Gasteiger partial charge in [0.15, 0.2) is 5.16 Å². The summed E-state index contributed by atoms with van der Waals surface area (Å²) in [6.45, 7) is -1.48. The zero-order valence-electron chi connectivity index (χ0n) is 13.7. The van der Waals surface area contributed by atoms with Crippen molar-refractivity contribution in [1.29, 1.82) is 0 Å². The molecular weight excluding hydrogens is 346 g/mol. The molecule has 0 N–H and O–H groups in total. The monoisotopic (exact) mass is 364 g/mol. The van der Waals surface area contributed by atoms with Gasteiger partial charge in [-0.3, -0.25) is 0 Å². The molecule has 132 valence electrons. The molecule has 0 radical (unpaired) electrons. The molecule has 0 spiro atoms. The van der Waals surface area contributed by atoms with Gasteiger partial charge in [0.2, 0.25) is 0 Å². The van der Waals surface area contributed by atoms with Crippen molar-refractivity contribution in [2.45, 2.75) is 24.1 Å². The van der Waals surface area contributed by atoms with Gasteiger partial charge in [0, 0.05) is 19.4 Å². The Morgan fingerprint density at radius 1 is 1.12 bits per heavy atom. The highest BCUT2D eigenvalue weighted by Crippen LogP contribution is 2.27. The predicted molar refractivity (Wildman–Crippen MR) is 94.2 cm³/mol. The van der Waals surface area contributed by atoms with Crippen LogP contribution in [0, 0.1) is 0 Å². The maximum absolute atomic E-state index is 12.2. The van der Waals surface area contributed by atoms with Gasteiger partial charge >= 0.3 is 6.61 Å². The minimum Gasteiger partial charge on any atom is -0.435 e. The lowest BCUT2D eigenvalue weighted by molar-refractivity contribution is -0.0498. The minimum atomic E-state index is -2.80. The molecule has 3 rings (SSSR count). The first-order chi connectivity index (χ1) is 12.2. The first-order valence-corrected chi connectivity index (χ1v) is 8.76. The third-order valence-corrected chi connectivity index (χ3v) is 4.70. The summed E-state index contributed by atoms with van der Waals surface area (Å²) >= 11 is 1.60. The van der Waals surface area contributed by atoms with Crippen molar-refractivity contribution in [2.75, 3.05) is 13.7 Å². The van der Waals surface area contributed by atoms with Crippen molar-refractivity contribution in [3.05, 3.63) is 54.1 Å². The van der Waals surface area contributed by atoms with Crippen LogP contribution in [0.5, 0.6) is 5.75 Å². The number of benzene rings is 2. The summed E-state index contributed by atoms with van der Waals surface area (Å²) in [5.41, 5.74) is 3.03. The largest absolute Gasteiger partial charge is 0.435 e. The summed E-state index contributed by atoms with van der Waals surface area (Å²) in [6.07, 6.45) is 0. The van der Waals surface area contributed by atoms with Gasteiger partial charge in [-0.25, -0.2) is 4.98 Å². The van der Waals surface area contributed by atoms with E-state index < -0.39 is 6.61 Å². The van der Waals surface area contributed by atoms with Crippen molar-refractivity contribution in [1.82, 2.24) is 9.55 Å². The Balaban J connectivity index is 1.74. The molecular formula is C18H18F2N2O2S. The third kappa shape index (κ3) is 4.49. The number of rotatable bonds is 8. The Bertz CT molecular complexity index is 822. The van der Waals surface area contributed by atoms with Crippen molar-refractivity contribution < 1.29 is 18.3 Å². The molecule has 0 aliphatic rings. The van der Waals surface area contributed by atoms with Crippen LogP contribution in [0.25, 0.3) is 11.0 Å². The van der Waals surface area contributed by atoms with E-state index in [4.69, 9.17) is 4.74 Å². The molecule has 0 unspecified atom stereocenters. The van der Waals surface area contributed by atoms with Gasteiger partial charge in [-0.2, -0.15) is 8.78 Å². The molecule has 0 amide bonds. The lowest BCUT2D eigenvalue weighted by Gasteiger charge is -2.09. The fraction of sp³-hybridized carbons (Fsp3) is 0.278. The Morgan fingerprint density at radius 2 is 1.88 bits per heavy atom. The van der Waals surface area contributed by atoms with Crippen LogP contribution in [0.4, 0.5) is 8.78 Å². The van der Waals surface area contributed by atoms with Crippen LogP contribution in [0.1, 0.15) is 5.56 Å². The lowest BCUT2D eigenvalue weighted by atomic mass is 10.2. The van der Waals surface area contributed by atoms with E-state index in [0.717, 1.165) is 28.3 Å². The molecule has 1 aromatic heterocycles. The summed E-state index contributed by atoms with van der Waals surface area (Å²) in [7, 11) is 1.68. The van der Waals surface area contributed by atoms with Crippen LogP contribution in [-0.4, -0.2) is 29.9 Å². The normalized spacial score (nSPS) is 11.4. The smallest absolute Gasteiger partial charge is 0.387 e. The van der Waals surface area contributed by atoms with E-state index in [9.17, 15) is 8.78 Å². The number of aromatic nitrogens is 2. The Kier molecular flexibility index (Phi) is 5.88. The zero-order valence-corrected chi connectivity index (χ0v) is 14.5. The highest BCUT2D eigenvalue weighted by Gasteiger charge is 2.11. The van der Waals surface area contributed by atoms with E-state index in [1.165, 1.54) is 0 Å². The average Bonchev–Trinajstić information content (AvgIpc) is 2.96. The van der Waals surface area contributed by atoms with Crippen LogP contribution in [0.3, 0.4) is 0 Å². The number of fused-ring (bicyclic) bond motifs is 1. The van der Waals surface area contributed by atoms with Crippen molar-refractivity contribution >= 4 is 22.8 Å². The molecule has 0 saturated heterocycles. The highest BCUT2D eigenvalue weighted by molar-refractivity contribution is 7.98. The van der Waals surface area contributed by atoms with Crippen molar-refractivity contribution in [2.24, 2.45) is 0 Å². The van der Waals surface area contributed by atoms with Gasteiger partial charge in [-0.1, -0.05) is 36.0 Å². The molecule has 1 heterocycles. The van der Waals surface area contributed by atoms with Crippen LogP contribution < -0.4 is 4.74 Å². The number of ether oxygens (including phenoxy) is 2. The van der Waals surface area contributed by atoms with E-state index >= 15 is 0 Å². The highest BCUT2D eigenvalue weighted by atomic mass is 32.2. The number of thioether (sulfide) groups is 1. The molecule has 0 saturated carbocycles. The molecule has 4 nitrogen and oxygen atoms in total. The predicted octanol–water partition coefficient (Wildman–Crippen LogP) is 4.58. The van der Waals surface area contributed by atoms with Gasteiger partial charge < -0.3 is 14.0 Å². The number of hydrogen-bond donors (Lipinski definition) is 0. The van der Waals surface area contributed by atoms with Gasteiger partial charge in [-0.05, 0) is 29.8 Å². The fourth-order valence-corrected chi connectivity index (χ4v) is 3.47. The molecule has 2 aromatic carbocycles. The SMILES string of the molecule is COCCn1c(SCc2ccc(OC(F)F)cc2)nc2ccccc21. The van der Waals surface area contributed by atoms with E-state index in [-0.39, 0.29) is 5.75 Å². The Labute approximate surface area is 148 Å². The first kappa shape index (κ1) is 17.7. The van der Waals surface area contributed by atoms with Crippen LogP contribution >= 0.6 is 11.8 Å². The van der Waals surface area contributed by atoms with E-state index in [1.807, 2.05) is 24.3 Å². The van der Waals surface area contributed by atoms with E-state index in [0.29, 0.717) is 12.4 Å². The Morgan fingerprint density at radius 3 is 2.60 bits per heavy atom. The summed E-state index contributed by atoms with van der Waals surface area (Å²) in [5.74, 6) is 0.849. The number of alkyl halides is 2. The maximum Gasteiger partial charge on any atom is 0.387 e. The number of nitrogens with zero attached hydrogens (tertiary/aromatic N) is 2. The number of methoxy groups -OCH3 is 1. The van der Waals surface area contributed by atoms with E-state index in [1.54, 1.807) is 43.1 Å². The number of hydrogen-bond acceptors (Lipinski definition) is 4. The zero-order chi connectivity index (χ0) is 17.6. The van der Waals surface area contributed by atoms with Crippen molar-refractivity contribution in [3.8, 4) is 5.75 Å². The molecule has 0 bridgehead atoms. The first-order valence-electron chi connectivity index (χ1n) is 7.78. The van der Waals surface area contributed by atoms with Crippen LogP contribution in [0.2, 0.25) is 0 Å². The van der Waals surface area contributed by atoms with Gasteiger partial charge in [0.25, 0.3) is 0 Å². The molecule has 0 aliphatic carbocycles. The van der Waals surface area contributed by atoms with Crippen molar-refractivity contribution in [3.63, 3.8) is 0 Å². The molecule has 0 atom stereocenters. The fourth-order valence-electron chi connectivity index (χ4n) is 2.48. The molecule has 25 heavy (non-hydrogen) atoms. The topological polar surface area (TPSA) is 36.3 Å². The molecule has 3 aromatic rings. The molecule has 7 heteroatoms. The number of imidazole rings is 1. The van der Waals surface area contributed by atoms with Gasteiger partial charge in [0.05, 0.1) is 17.6 Å². The second-order valence-electron chi connectivity index (χ2n) is 5.34. The summed E-state index contributed by atoms with van der Waals surface area (Å²) < 4.78 is 36.1. The quantitative estimate of drug-likeness (QED) is 0.548. The van der Waals surface area contributed by atoms with Gasteiger partial charge in [0.1, 0.15) is 5.75 Å². The van der Waals surface area contributed by atoms with Crippen LogP contribution in [0.15, 0.2) is 53.7 Å². The van der Waals surface area contributed by atoms with Gasteiger partial charge in [-0.15, -0.1) is 0 Å². The molecule has 0 fully saturated rings. The molecule has 0 aliphatic heterocycles.